The molecule has 0 aliphatic rings. The Labute approximate surface area is 155 Å². The zero-order valence-corrected chi connectivity index (χ0v) is 15.4. The third-order valence-electron chi connectivity index (χ3n) is 4.90. The molecule has 0 N–H and O–H groups in total. The summed E-state index contributed by atoms with van der Waals surface area (Å²) >= 11 is 0. The minimum absolute atomic E-state index is 1.05. The summed E-state index contributed by atoms with van der Waals surface area (Å²) in [6.45, 7) is 5.41. The molecule has 0 amide bonds. The number of pyridine rings is 1. The minimum atomic E-state index is 1.05. The molecule has 4 rings (SSSR count). The van der Waals surface area contributed by atoms with Crippen LogP contribution in [0.15, 0.2) is 72.9 Å². The summed E-state index contributed by atoms with van der Waals surface area (Å²) in [5, 5.41) is 3.89. The van der Waals surface area contributed by atoms with E-state index in [0.717, 1.165) is 13.0 Å². The van der Waals surface area contributed by atoms with Crippen molar-refractivity contribution in [3.63, 3.8) is 0 Å². The maximum absolute atomic E-state index is 2.34. The summed E-state index contributed by atoms with van der Waals surface area (Å²) in [4.78, 5) is 0. The summed E-state index contributed by atoms with van der Waals surface area (Å²) in [5.41, 5.74) is 5.09. The Morgan fingerprint density at radius 2 is 1.65 bits per heavy atom. The molecule has 0 saturated heterocycles. The van der Waals surface area contributed by atoms with Crippen molar-refractivity contribution in [1.29, 1.82) is 0 Å². The summed E-state index contributed by atoms with van der Waals surface area (Å²) in [7, 11) is 0. The molecule has 4 aromatic rings. The van der Waals surface area contributed by atoms with Crippen molar-refractivity contribution in [2.75, 3.05) is 0 Å². The quantitative estimate of drug-likeness (QED) is 0.392. The number of nitrogens with zero attached hydrogens (tertiary/aromatic N) is 1. The van der Waals surface area contributed by atoms with Gasteiger partial charge in [0.05, 0.1) is 5.39 Å². The predicted molar refractivity (Wildman–Crippen MR) is 112 cm³/mol. The van der Waals surface area contributed by atoms with E-state index in [9.17, 15) is 0 Å². The highest BCUT2D eigenvalue weighted by molar-refractivity contribution is 5.90. The van der Waals surface area contributed by atoms with Gasteiger partial charge >= 0.3 is 0 Å². The molecule has 0 radical (unpaired) electrons. The van der Waals surface area contributed by atoms with E-state index in [4.69, 9.17) is 0 Å². The first kappa shape index (κ1) is 16.5. The molecule has 0 unspecified atom stereocenters. The van der Waals surface area contributed by atoms with Crippen molar-refractivity contribution in [3.8, 4) is 0 Å². The normalized spacial score (nSPS) is 11.6. The third kappa shape index (κ3) is 3.25. The molecular weight excluding hydrogens is 314 g/mol. The number of fused-ring (bicyclic) bond motifs is 2. The average molecular weight is 338 g/mol. The molecule has 0 bridgehead atoms. The van der Waals surface area contributed by atoms with Crippen molar-refractivity contribution >= 4 is 33.8 Å². The monoisotopic (exact) mass is 338 g/mol. The number of hydrogen-bond acceptors (Lipinski definition) is 0. The van der Waals surface area contributed by atoms with Crippen molar-refractivity contribution in [1.82, 2.24) is 0 Å². The molecule has 0 saturated carbocycles. The molecular formula is C25H24N+. The van der Waals surface area contributed by atoms with Crippen LogP contribution >= 0.6 is 0 Å². The average Bonchev–Trinajstić information content (AvgIpc) is 2.67. The second-order valence-corrected chi connectivity index (χ2v) is 6.92. The van der Waals surface area contributed by atoms with Crippen LogP contribution in [0, 0.1) is 6.92 Å². The maximum atomic E-state index is 2.34. The van der Waals surface area contributed by atoms with Gasteiger partial charge in [-0.15, -0.1) is 0 Å². The number of para-hydroxylation sites is 1. The van der Waals surface area contributed by atoms with Crippen molar-refractivity contribution in [2.45, 2.75) is 26.8 Å². The molecule has 1 heteroatoms. The molecule has 1 aromatic heterocycles. The van der Waals surface area contributed by atoms with Gasteiger partial charge in [-0.2, -0.15) is 4.57 Å². The molecule has 1 nitrogen and oxygen atoms in total. The SMILES string of the molecule is CCC[n+]1ccc(/C=C/c2ccc3cc(C)ccc3c2)c2ccccc21. The van der Waals surface area contributed by atoms with Crippen LogP contribution in [0.2, 0.25) is 0 Å². The molecule has 0 fully saturated rings. The first-order valence-corrected chi connectivity index (χ1v) is 9.34. The number of aromatic nitrogens is 1. The Bertz CT molecular complexity index is 1110. The van der Waals surface area contributed by atoms with E-state index in [1.54, 1.807) is 0 Å². The van der Waals surface area contributed by atoms with Gasteiger partial charge in [0.25, 0.3) is 0 Å². The lowest BCUT2D eigenvalue weighted by molar-refractivity contribution is -0.671. The highest BCUT2D eigenvalue weighted by Gasteiger charge is 2.09. The van der Waals surface area contributed by atoms with Gasteiger partial charge in [-0.25, -0.2) is 0 Å². The fourth-order valence-corrected chi connectivity index (χ4v) is 3.56. The maximum Gasteiger partial charge on any atom is 0.213 e. The van der Waals surface area contributed by atoms with Gasteiger partial charge in [-0.05, 0) is 41.0 Å². The van der Waals surface area contributed by atoms with E-state index in [0.29, 0.717) is 0 Å². The van der Waals surface area contributed by atoms with Crippen molar-refractivity contribution in [3.05, 3.63) is 89.6 Å². The van der Waals surface area contributed by atoms with Gasteiger partial charge in [0.1, 0.15) is 6.54 Å². The van der Waals surface area contributed by atoms with Crippen LogP contribution in [0.25, 0.3) is 33.8 Å². The highest BCUT2D eigenvalue weighted by Crippen LogP contribution is 2.21. The molecule has 128 valence electrons. The van der Waals surface area contributed by atoms with E-state index < -0.39 is 0 Å². The van der Waals surface area contributed by atoms with Gasteiger partial charge < -0.3 is 0 Å². The van der Waals surface area contributed by atoms with E-state index >= 15 is 0 Å². The lowest BCUT2D eigenvalue weighted by Crippen LogP contribution is -2.33. The molecule has 3 aromatic carbocycles. The smallest absolute Gasteiger partial charge is 0.198 e. The zero-order chi connectivity index (χ0) is 17.9. The fraction of sp³-hybridized carbons (Fsp3) is 0.160. The second-order valence-electron chi connectivity index (χ2n) is 6.92. The molecule has 0 aliphatic carbocycles. The number of aryl methyl sites for hydroxylation is 2. The van der Waals surface area contributed by atoms with Gasteiger partial charge in [0.2, 0.25) is 5.52 Å². The first-order valence-electron chi connectivity index (χ1n) is 9.34. The van der Waals surface area contributed by atoms with Crippen LogP contribution in [-0.2, 0) is 6.54 Å². The van der Waals surface area contributed by atoms with Crippen molar-refractivity contribution in [2.24, 2.45) is 0 Å². The molecule has 0 spiro atoms. The van der Waals surface area contributed by atoms with E-state index in [1.807, 2.05) is 0 Å². The topological polar surface area (TPSA) is 3.88 Å². The minimum Gasteiger partial charge on any atom is -0.198 e. The third-order valence-corrected chi connectivity index (χ3v) is 4.90. The number of hydrogen-bond donors (Lipinski definition) is 0. The Hall–Kier alpha value is -2.93. The van der Waals surface area contributed by atoms with Crippen LogP contribution < -0.4 is 4.57 Å². The van der Waals surface area contributed by atoms with Crippen LogP contribution in [0.4, 0.5) is 0 Å². The lowest BCUT2D eigenvalue weighted by atomic mass is 10.0. The van der Waals surface area contributed by atoms with Crippen LogP contribution in [0.1, 0.15) is 30.0 Å². The van der Waals surface area contributed by atoms with Crippen LogP contribution in [0.3, 0.4) is 0 Å². The van der Waals surface area contributed by atoms with Crippen molar-refractivity contribution < 1.29 is 4.57 Å². The van der Waals surface area contributed by atoms with Gasteiger partial charge in [-0.1, -0.05) is 67.1 Å². The Morgan fingerprint density at radius 1 is 0.846 bits per heavy atom. The molecule has 26 heavy (non-hydrogen) atoms. The largest absolute Gasteiger partial charge is 0.213 e. The Kier molecular flexibility index (Phi) is 4.53. The summed E-state index contributed by atoms with van der Waals surface area (Å²) in [6, 6.07) is 24.2. The molecule has 0 atom stereocenters. The van der Waals surface area contributed by atoms with Crippen LogP contribution in [0.5, 0.6) is 0 Å². The lowest BCUT2D eigenvalue weighted by Gasteiger charge is -2.04. The zero-order valence-electron chi connectivity index (χ0n) is 15.4. The van der Waals surface area contributed by atoms with Gasteiger partial charge in [0, 0.05) is 18.6 Å². The van der Waals surface area contributed by atoms with Gasteiger partial charge in [0.15, 0.2) is 6.20 Å². The summed E-state index contributed by atoms with van der Waals surface area (Å²) in [6.07, 6.45) is 7.79. The Morgan fingerprint density at radius 3 is 2.54 bits per heavy atom. The predicted octanol–water partition coefficient (Wildman–Crippen LogP) is 6.17. The summed E-state index contributed by atoms with van der Waals surface area (Å²) < 4.78 is 2.34. The second kappa shape index (κ2) is 7.13. The highest BCUT2D eigenvalue weighted by atomic mass is 14.9. The molecule has 0 aliphatic heterocycles. The number of rotatable bonds is 4. The van der Waals surface area contributed by atoms with Gasteiger partial charge in [-0.3, -0.25) is 0 Å². The van der Waals surface area contributed by atoms with E-state index in [1.165, 1.54) is 38.4 Å². The fourth-order valence-electron chi connectivity index (χ4n) is 3.56. The van der Waals surface area contributed by atoms with Crippen LogP contribution in [-0.4, -0.2) is 0 Å². The number of benzene rings is 3. The Balaban J connectivity index is 1.73. The van der Waals surface area contributed by atoms with E-state index in [-0.39, 0.29) is 0 Å². The standard InChI is InChI=1S/C25H24N/c1-3-15-26-16-14-21(24-6-4-5-7-25(24)26)12-9-20-10-13-22-17-19(2)8-11-23(22)18-20/h4-14,16-18H,3,15H2,1-2H3/q+1/b12-9+. The summed E-state index contributed by atoms with van der Waals surface area (Å²) in [5.74, 6) is 0. The first-order chi connectivity index (χ1) is 12.7. The molecule has 1 heterocycles. The van der Waals surface area contributed by atoms with E-state index in [2.05, 4.69) is 103 Å².